The molecule has 1 saturated carbocycles. The van der Waals surface area contributed by atoms with Crippen LogP contribution in [0.2, 0.25) is 0 Å². The summed E-state index contributed by atoms with van der Waals surface area (Å²) in [5, 5.41) is 9.79. The van der Waals surface area contributed by atoms with Crippen LogP contribution in [-0.2, 0) is 0 Å². The maximum Gasteiger partial charge on any atom is 0.0609 e. The molecule has 0 amide bonds. The first-order valence-electron chi connectivity index (χ1n) is 4.96. The third-order valence-electron chi connectivity index (χ3n) is 2.84. The standard InChI is InChI=1S/C11H15NO/c13-11-6-2-1-5-10(11)9-4-3-7-12-8-9/h3-4,7-8,10-11,13H,1-2,5-6H2/t10-,11+/m1/s1. The summed E-state index contributed by atoms with van der Waals surface area (Å²) in [6, 6.07) is 4.00. The summed E-state index contributed by atoms with van der Waals surface area (Å²) in [5.41, 5.74) is 1.19. The van der Waals surface area contributed by atoms with E-state index in [0.29, 0.717) is 5.92 Å². The molecule has 1 fully saturated rings. The Morgan fingerprint density at radius 3 is 2.85 bits per heavy atom. The minimum atomic E-state index is -0.155. The van der Waals surface area contributed by atoms with E-state index >= 15 is 0 Å². The Labute approximate surface area is 78.6 Å². The fourth-order valence-electron chi connectivity index (χ4n) is 2.10. The van der Waals surface area contributed by atoms with Crippen LogP contribution in [0.1, 0.15) is 37.2 Å². The molecule has 0 radical (unpaired) electrons. The van der Waals surface area contributed by atoms with E-state index in [1.54, 1.807) is 6.20 Å². The fourth-order valence-corrected chi connectivity index (χ4v) is 2.10. The van der Waals surface area contributed by atoms with Crippen molar-refractivity contribution in [2.75, 3.05) is 0 Å². The highest BCUT2D eigenvalue weighted by Crippen LogP contribution is 2.32. The van der Waals surface area contributed by atoms with Gasteiger partial charge in [0.25, 0.3) is 0 Å². The summed E-state index contributed by atoms with van der Waals surface area (Å²) >= 11 is 0. The van der Waals surface area contributed by atoms with Gasteiger partial charge in [-0.15, -0.1) is 0 Å². The highest BCUT2D eigenvalue weighted by atomic mass is 16.3. The summed E-state index contributed by atoms with van der Waals surface area (Å²) < 4.78 is 0. The predicted octanol–water partition coefficient (Wildman–Crippen LogP) is 2.10. The lowest BCUT2D eigenvalue weighted by molar-refractivity contribution is 0.106. The molecule has 70 valence electrons. The average Bonchev–Trinajstić information content (AvgIpc) is 2.20. The molecule has 13 heavy (non-hydrogen) atoms. The van der Waals surface area contributed by atoms with E-state index in [-0.39, 0.29) is 6.10 Å². The van der Waals surface area contributed by atoms with E-state index < -0.39 is 0 Å². The zero-order chi connectivity index (χ0) is 9.10. The molecule has 0 aliphatic heterocycles. The van der Waals surface area contributed by atoms with Gasteiger partial charge in [0.15, 0.2) is 0 Å². The molecule has 0 saturated heterocycles. The Kier molecular flexibility index (Phi) is 2.60. The number of hydrogen-bond donors (Lipinski definition) is 1. The first kappa shape index (κ1) is 8.70. The van der Waals surface area contributed by atoms with E-state index in [4.69, 9.17) is 0 Å². The van der Waals surface area contributed by atoms with Gasteiger partial charge in [0, 0.05) is 18.3 Å². The molecular weight excluding hydrogens is 162 g/mol. The van der Waals surface area contributed by atoms with Gasteiger partial charge in [0.05, 0.1) is 6.10 Å². The van der Waals surface area contributed by atoms with E-state index in [9.17, 15) is 5.11 Å². The molecule has 0 aromatic carbocycles. The van der Waals surface area contributed by atoms with Gasteiger partial charge in [-0.3, -0.25) is 4.98 Å². The molecule has 0 unspecified atom stereocenters. The highest BCUT2D eigenvalue weighted by Gasteiger charge is 2.24. The van der Waals surface area contributed by atoms with Crippen molar-refractivity contribution in [2.24, 2.45) is 0 Å². The molecule has 2 atom stereocenters. The molecule has 1 N–H and O–H groups in total. The maximum atomic E-state index is 9.79. The molecule has 2 heteroatoms. The zero-order valence-corrected chi connectivity index (χ0v) is 7.69. The van der Waals surface area contributed by atoms with Crippen molar-refractivity contribution < 1.29 is 5.11 Å². The quantitative estimate of drug-likeness (QED) is 0.712. The maximum absolute atomic E-state index is 9.79. The normalized spacial score (nSPS) is 28.7. The van der Waals surface area contributed by atoms with Crippen LogP contribution in [0.5, 0.6) is 0 Å². The zero-order valence-electron chi connectivity index (χ0n) is 7.69. The number of nitrogens with zero attached hydrogens (tertiary/aromatic N) is 1. The van der Waals surface area contributed by atoms with Gasteiger partial charge in [0.1, 0.15) is 0 Å². The van der Waals surface area contributed by atoms with Crippen molar-refractivity contribution in [3.05, 3.63) is 30.1 Å². The summed E-state index contributed by atoms with van der Waals surface area (Å²) in [7, 11) is 0. The van der Waals surface area contributed by atoms with Crippen LogP contribution in [0.3, 0.4) is 0 Å². The minimum Gasteiger partial charge on any atom is -0.392 e. The summed E-state index contributed by atoms with van der Waals surface area (Å²) in [5.74, 6) is 0.322. The van der Waals surface area contributed by atoms with Crippen LogP contribution in [0, 0.1) is 0 Å². The number of hydrogen-bond acceptors (Lipinski definition) is 2. The molecule has 1 aromatic heterocycles. The van der Waals surface area contributed by atoms with Gasteiger partial charge in [-0.25, -0.2) is 0 Å². The van der Waals surface area contributed by atoms with Gasteiger partial charge in [-0.1, -0.05) is 18.9 Å². The molecule has 2 rings (SSSR count). The monoisotopic (exact) mass is 177 g/mol. The third kappa shape index (κ3) is 1.89. The highest BCUT2D eigenvalue weighted by molar-refractivity contribution is 5.16. The summed E-state index contributed by atoms with van der Waals surface area (Å²) in [6.45, 7) is 0. The van der Waals surface area contributed by atoms with Crippen LogP contribution >= 0.6 is 0 Å². The van der Waals surface area contributed by atoms with Gasteiger partial charge in [0.2, 0.25) is 0 Å². The second kappa shape index (κ2) is 3.88. The Bertz CT molecular complexity index is 260. The van der Waals surface area contributed by atoms with Crippen molar-refractivity contribution in [1.29, 1.82) is 0 Å². The van der Waals surface area contributed by atoms with Gasteiger partial charge < -0.3 is 5.11 Å². The van der Waals surface area contributed by atoms with E-state index in [1.807, 2.05) is 12.3 Å². The molecule has 1 aliphatic rings. The smallest absolute Gasteiger partial charge is 0.0609 e. The molecule has 0 bridgehead atoms. The Morgan fingerprint density at radius 2 is 2.15 bits per heavy atom. The second-order valence-electron chi connectivity index (χ2n) is 3.74. The molecule has 1 aromatic rings. The lowest BCUT2D eigenvalue weighted by atomic mass is 9.82. The number of pyridine rings is 1. The number of aromatic nitrogens is 1. The second-order valence-corrected chi connectivity index (χ2v) is 3.74. The van der Waals surface area contributed by atoms with Crippen LogP contribution < -0.4 is 0 Å². The van der Waals surface area contributed by atoms with Crippen LogP contribution in [0.25, 0.3) is 0 Å². The molecule has 1 aliphatic carbocycles. The molecule has 2 nitrogen and oxygen atoms in total. The van der Waals surface area contributed by atoms with Crippen molar-refractivity contribution in [3.63, 3.8) is 0 Å². The van der Waals surface area contributed by atoms with Crippen LogP contribution in [0.4, 0.5) is 0 Å². The Morgan fingerprint density at radius 1 is 1.31 bits per heavy atom. The Balaban J connectivity index is 2.15. The first-order valence-corrected chi connectivity index (χ1v) is 4.96. The molecule has 1 heterocycles. The van der Waals surface area contributed by atoms with Gasteiger partial charge in [-0.2, -0.15) is 0 Å². The minimum absolute atomic E-state index is 0.155. The fraction of sp³-hybridized carbons (Fsp3) is 0.545. The lowest BCUT2D eigenvalue weighted by Crippen LogP contribution is -2.22. The van der Waals surface area contributed by atoms with E-state index in [2.05, 4.69) is 11.1 Å². The lowest BCUT2D eigenvalue weighted by Gasteiger charge is -2.27. The van der Waals surface area contributed by atoms with Crippen molar-refractivity contribution in [1.82, 2.24) is 4.98 Å². The molecule has 0 spiro atoms. The third-order valence-corrected chi connectivity index (χ3v) is 2.84. The number of rotatable bonds is 1. The van der Waals surface area contributed by atoms with Crippen molar-refractivity contribution in [3.8, 4) is 0 Å². The average molecular weight is 177 g/mol. The van der Waals surface area contributed by atoms with E-state index in [1.165, 1.54) is 12.0 Å². The van der Waals surface area contributed by atoms with Gasteiger partial charge in [-0.05, 0) is 24.5 Å². The van der Waals surface area contributed by atoms with E-state index in [0.717, 1.165) is 19.3 Å². The van der Waals surface area contributed by atoms with Gasteiger partial charge >= 0.3 is 0 Å². The van der Waals surface area contributed by atoms with Crippen LogP contribution in [-0.4, -0.2) is 16.2 Å². The summed E-state index contributed by atoms with van der Waals surface area (Å²) in [4.78, 5) is 4.08. The number of aliphatic hydroxyl groups is 1. The van der Waals surface area contributed by atoms with Crippen LogP contribution in [0.15, 0.2) is 24.5 Å². The first-order chi connectivity index (χ1) is 6.38. The van der Waals surface area contributed by atoms with Crippen molar-refractivity contribution in [2.45, 2.75) is 37.7 Å². The topological polar surface area (TPSA) is 33.1 Å². The summed E-state index contributed by atoms with van der Waals surface area (Å²) in [6.07, 6.45) is 7.94. The van der Waals surface area contributed by atoms with Crippen molar-refractivity contribution >= 4 is 0 Å². The predicted molar refractivity (Wildman–Crippen MR) is 51.5 cm³/mol. The number of aliphatic hydroxyl groups excluding tert-OH is 1. The SMILES string of the molecule is O[C@H]1CCCC[C@@H]1c1cccnc1. The Hall–Kier alpha value is -0.890. The molecular formula is C11H15NO. The largest absolute Gasteiger partial charge is 0.392 e.